The molecule has 1 fully saturated rings. The molecule has 0 spiro atoms. The van der Waals surface area contributed by atoms with E-state index in [-0.39, 0.29) is 17.9 Å². The predicted molar refractivity (Wildman–Crippen MR) is 94.9 cm³/mol. The van der Waals surface area contributed by atoms with Crippen LogP contribution < -0.4 is 4.74 Å². The number of unbranched alkanes of at least 4 members (excludes halogenated alkanes) is 5. The lowest BCUT2D eigenvalue weighted by Gasteiger charge is -2.06. The number of ether oxygens (including phenoxy) is 2. The second-order valence-electron chi connectivity index (χ2n) is 5.99. The number of rotatable bonds is 10. The number of allylic oxidation sites excluding steroid dienone is 1. The van der Waals surface area contributed by atoms with Gasteiger partial charge in [-0.1, -0.05) is 37.3 Å². The van der Waals surface area contributed by atoms with Crippen LogP contribution >= 0.6 is 11.6 Å². The highest BCUT2D eigenvalue weighted by atomic mass is 35.5. The molecule has 0 aromatic heterocycles. The Labute approximate surface area is 152 Å². The van der Waals surface area contributed by atoms with Crippen LogP contribution in [0, 0.1) is 0 Å². The third kappa shape index (κ3) is 6.42. The highest BCUT2D eigenvalue weighted by Gasteiger charge is 2.31. The molecule has 25 heavy (non-hydrogen) atoms. The van der Waals surface area contributed by atoms with Crippen molar-refractivity contribution in [1.29, 1.82) is 0 Å². The second-order valence-corrected chi connectivity index (χ2v) is 6.43. The molecule has 1 aliphatic rings. The number of carbonyl (C=O) groups is 2. The number of benzene rings is 1. The van der Waals surface area contributed by atoms with E-state index in [1.165, 1.54) is 0 Å². The third-order valence-electron chi connectivity index (χ3n) is 4.00. The molecular formula is C19H23ClO5. The van der Waals surface area contributed by atoms with E-state index in [1.54, 1.807) is 12.1 Å². The molecule has 2 rings (SSSR count). The molecule has 136 valence electrons. The van der Waals surface area contributed by atoms with Crippen molar-refractivity contribution in [2.45, 2.75) is 44.9 Å². The van der Waals surface area contributed by atoms with Crippen LogP contribution in [0.1, 0.15) is 44.9 Å². The van der Waals surface area contributed by atoms with Gasteiger partial charge in [0.1, 0.15) is 17.1 Å². The molecule has 1 heterocycles. The second kappa shape index (κ2) is 10.1. The first-order valence-corrected chi connectivity index (χ1v) is 8.96. The zero-order valence-electron chi connectivity index (χ0n) is 14.1. The van der Waals surface area contributed by atoms with E-state index in [4.69, 9.17) is 16.3 Å². The lowest BCUT2D eigenvalue weighted by Crippen LogP contribution is -2.05. The molecule has 1 saturated heterocycles. The maximum Gasteiger partial charge on any atom is 0.345 e. The molecule has 1 N–H and O–H groups in total. The number of aliphatic hydroxyl groups excluding tert-OH is 1. The van der Waals surface area contributed by atoms with E-state index in [0.29, 0.717) is 18.1 Å². The summed E-state index contributed by atoms with van der Waals surface area (Å²) in [4.78, 5) is 22.7. The fourth-order valence-corrected chi connectivity index (χ4v) is 2.74. The fourth-order valence-electron chi connectivity index (χ4n) is 2.62. The summed E-state index contributed by atoms with van der Waals surface area (Å²) in [5.41, 5.74) is -0.167. The van der Waals surface area contributed by atoms with E-state index in [9.17, 15) is 14.7 Å². The van der Waals surface area contributed by atoms with E-state index in [0.717, 1.165) is 44.3 Å². The lowest BCUT2D eigenvalue weighted by molar-refractivity contribution is -0.135. The van der Waals surface area contributed by atoms with Crippen LogP contribution in [0.15, 0.2) is 35.6 Å². The number of hydrogen-bond acceptors (Lipinski definition) is 5. The van der Waals surface area contributed by atoms with Gasteiger partial charge in [0.2, 0.25) is 5.78 Å². The van der Waals surface area contributed by atoms with Crippen molar-refractivity contribution in [3.05, 3.63) is 40.6 Å². The Kier molecular flexibility index (Phi) is 7.79. The number of ketones is 1. The smallest absolute Gasteiger partial charge is 0.345 e. The summed E-state index contributed by atoms with van der Waals surface area (Å²) in [6, 6.07) is 7.32. The van der Waals surface area contributed by atoms with Gasteiger partial charge in [-0.25, -0.2) is 4.79 Å². The Morgan fingerprint density at radius 1 is 1.04 bits per heavy atom. The monoisotopic (exact) mass is 366 g/mol. The van der Waals surface area contributed by atoms with Gasteiger partial charge in [0, 0.05) is 11.4 Å². The summed E-state index contributed by atoms with van der Waals surface area (Å²) in [5.74, 6) is -0.442. The van der Waals surface area contributed by atoms with Gasteiger partial charge in [-0.05, 0) is 37.1 Å². The molecule has 0 amide bonds. The van der Waals surface area contributed by atoms with Gasteiger partial charge in [-0.15, -0.1) is 0 Å². The molecule has 0 atom stereocenters. The van der Waals surface area contributed by atoms with Crippen molar-refractivity contribution in [3.63, 3.8) is 0 Å². The molecule has 1 aromatic carbocycles. The van der Waals surface area contributed by atoms with Gasteiger partial charge < -0.3 is 14.6 Å². The Bertz CT molecular complexity index is 603. The Morgan fingerprint density at radius 2 is 1.68 bits per heavy atom. The van der Waals surface area contributed by atoms with Gasteiger partial charge in [0.25, 0.3) is 0 Å². The minimum absolute atomic E-state index is 0.135. The number of esters is 1. The zero-order chi connectivity index (χ0) is 18.1. The number of aliphatic hydroxyl groups is 1. The molecule has 5 nitrogen and oxygen atoms in total. The van der Waals surface area contributed by atoms with Gasteiger partial charge in [-0.2, -0.15) is 0 Å². The molecule has 0 unspecified atom stereocenters. The minimum atomic E-state index is -0.705. The average Bonchev–Trinajstić information content (AvgIpc) is 2.93. The summed E-state index contributed by atoms with van der Waals surface area (Å²) in [6.07, 6.45) is 6.22. The van der Waals surface area contributed by atoms with Gasteiger partial charge in [0.05, 0.1) is 6.61 Å². The van der Waals surface area contributed by atoms with Crippen molar-refractivity contribution in [1.82, 2.24) is 0 Å². The van der Waals surface area contributed by atoms with Crippen LogP contribution in [0.2, 0.25) is 5.02 Å². The molecule has 1 aliphatic heterocycles. The first-order chi connectivity index (χ1) is 12.1. The largest absolute Gasteiger partial charge is 0.511 e. The highest BCUT2D eigenvalue weighted by Crippen LogP contribution is 2.19. The van der Waals surface area contributed by atoms with Crippen LogP contribution in [0.25, 0.3) is 0 Å². The van der Waals surface area contributed by atoms with Crippen LogP contribution in [-0.4, -0.2) is 30.1 Å². The molecule has 0 aliphatic carbocycles. The van der Waals surface area contributed by atoms with E-state index in [1.807, 2.05) is 12.1 Å². The Morgan fingerprint density at radius 3 is 2.32 bits per heavy atom. The van der Waals surface area contributed by atoms with Crippen LogP contribution in [0.5, 0.6) is 5.75 Å². The van der Waals surface area contributed by atoms with E-state index in [2.05, 4.69) is 4.74 Å². The highest BCUT2D eigenvalue weighted by molar-refractivity contribution is 6.30. The van der Waals surface area contributed by atoms with Crippen LogP contribution in [0.4, 0.5) is 0 Å². The molecular weight excluding hydrogens is 344 g/mol. The average molecular weight is 367 g/mol. The number of Topliss-reactive ketones (excluding diaryl/α,β-unsaturated/α-hetero) is 1. The summed E-state index contributed by atoms with van der Waals surface area (Å²) in [6.45, 7) is 0.426. The van der Waals surface area contributed by atoms with Gasteiger partial charge >= 0.3 is 5.97 Å². The van der Waals surface area contributed by atoms with Gasteiger partial charge in [-0.3, -0.25) is 4.79 Å². The van der Waals surface area contributed by atoms with Crippen LogP contribution in [-0.2, 0) is 14.3 Å². The first kappa shape index (κ1) is 19.3. The maximum absolute atomic E-state index is 11.4. The summed E-state index contributed by atoms with van der Waals surface area (Å²) >= 11 is 5.81. The predicted octanol–water partition coefficient (Wildman–Crippen LogP) is 4.39. The van der Waals surface area contributed by atoms with E-state index < -0.39 is 11.8 Å². The molecule has 0 radical (unpaired) electrons. The summed E-state index contributed by atoms with van der Waals surface area (Å²) in [7, 11) is 0. The minimum Gasteiger partial charge on any atom is -0.511 e. The van der Waals surface area contributed by atoms with Crippen molar-refractivity contribution < 1.29 is 24.2 Å². The third-order valence-corrected chi connectivity index (χ3v) is 4.25. The molecule has 0 saturated carbocycles. The quantitative estimate of drug-likeness (QED) is 0.218. The normalized spacial score (nSPS) is 16.0. The topological polar surface area (TPSA) is 72.8 Å². The van der Waals surface area contributed by atoms with Crippen molar-refractivity contribution in [3.8, 4) is 5.75 Å². The summed E-state index contributed by atoms with van der Waals surface area (Å²) in [5, 5.41) is 10.5. The molecule has 0 bridgehead atoms. The lowest BCUT2D eigenvalue weighted by atomic mass is 10.1. The maximum atomic E-state index is 11.4. The SMILES string of the molecule is O=C1COC(=O)/C1=C(/O)CCCCCCCCOc1ccc(Cl)cc1. The first-order valence-electron chi connectivity index (χ1n) is 8.58. The Balaban J connectivity index is 1.49. The van der Waals surface area contributed by atoms with Crippen LogP contribution in [0.3, 0.4) is 0 Å². The standard InChI is InChI=1S/C19H23ClO5/c20-14-8-10-15(11-9-14)24-12-6-4-2-1-3-5-7-16(21)18-17(22)13-25-19(18)23/h8-11,21H,1-7,12-13H2/b18-16+. The number of hydrogen-bond donors (Lipinski definition) is 1. The van der Waals surface area contributed by atoms with Crippen molar-refractivity contribution >= 4 is 23.4 Å². The fraction of sp³-hybridized carbons (Fsp3) is 0.474. The van der Waals surface area contributed by atoms with Gasteiger partial charge in [0.15, 0.2) is 6.61 Å². The Hall–Kier alpha value is -2.01. The van der Waals surface area contributed by atoms with Crippen molar-refractivity contribution in [2.24, 2.45) is 0 Å². The van der Waals surface area contributed by atoms with Crippen molar-refractivity contribution in [2.75, 3.05) is 13.2 Å². The summed E-state index contributed by atoms with van der Waals surface area (Å²) < 4.78 is 10.2. The van der Waals surface area contributed by atoms with E-state index >= 15 is 0 Å². The molecule has 1 aromatic rings. The molecule has 6 heteroatoms. The number of halogens is 1. The number of carbonyl (C=O) groups excluding carboxylic acids is 2. The zero-order valence-corrected chi connectivity index (χ0v) is 14.9. The number of cyclic esters (lactones) is 1.